The van der Waals surface area contributed by atoms with Gasteiger partial charge in [0.15, 0.2) is 0 Å². The maximum absolute atomic E-state index is 12.3. The first-order valence-electron chi connectivity index (χ1n) is 8.55. The molecule has 0 aliphatic heterocycles. The Morgan fingerprint density at radius 2 is 2.04 bits per heavy atom. The van der Waals surface area contributed by atoms with Gasteiger partial charge in [0, 0.05) is 11.3 Å². The van der Waals surface area contributed by atoms with E-state index >= 15 is 0 Å². The minimum atomic E-state index is -0.215. The van der Waals surface area contributed by atoms with Crippen molar-refractivity contribution in [2.24, 2.45) is 0 Å². The van der Waals surface area contributed by atoms with E-state index in [0.29, 0.717) is 5.92 Å². The molecular weight excluding hydrogens is 302 g/mol. The lowest BCUT2D eigenvalue weighted by molar-refractivity contribution is -0.116. The molecule has 0 radical (unpaired) electrons. The molecule has 1 atom stereocenters. The number of fused-ring (bicyclic) bond motifs is 1. The fourth-order valence-electron chi connectivity index (χ4n) is 3.06. The monoisotopic (exact) mass is 325 g/mol. The van der Waals surface area contributed by atoms with Crippen molar-refractivity contribution >= 4 is 11.6 Å². The number of amides is 1. The quantitative estimate of drug-likeness (QED) is 0.919. The summed E-state index contributed by atoms with van der Waals surface area (Å²) in [5, 5.41) is 2.84. The number of hydrogen-bond acceptors (Lipinski definition) is 3. The predicted molar refractivity (Wildman–Crippen MR) is 94.3 cm³/mol. The Morgan fingerprint density at radius 3 is 2.75 bits per heavy atom. The van der Waals surface area contributed by atoms with Crippen molar-refractivity contribution in [3.63, 3.8) is 0 Å². The Kier molecular flexibility index (Phi) is 4.79. The zero-order chi connectivity index (χ0) is 17.1. The van der Waals surface area contributed by atoms with Crippen molar-refractivity contribution in [1.29, 1.82) is 0 Å². The smallest absolute Gasteiger partial charge is 0.257 e. The first-order chi connectivity index (χ1) is 11.6. The van der Waals surface area contributed by atoms with Crippen LogP contribution in [0.5, 0.6) is 0 Å². The number of carbonyl (C=O) groups excluding carboxylic acids is 1. The zero-order valence-electron chi connectivity index (χ0n) is 14.2. The van der Waals surface area contributed by atoms with Gasteiger partial charge in [0.25, 0.3) is 5.56 Å². The second kappa shape index (κ2) is 6.99. The van der Waals surface area contributed by atoms with Gasteiger partial charge >= 0.3 is 0 Å². The Bertz CT molecular complexity index is 793. The van der Waals surface area contributed by atoms with Gasteiger partial charge in [-0.2, -0.15) is 0 Å². The molecule has 1 N–H and O–H groups in total. The highest BCUT2D eigenvalue weighted by Crippen LogP contribution is 2.20. The fourth-order valence-corrected chi connectivity index (χ4v) is 3.06. The summed E-state index contributed by atoms with van der Waals surface area (Å²) in [5.74, 6) is 0.291. The number of nitrogens with zero attached hydrogens (tertiary/aromatic N) is 2. The third kappa shape index (κ3) is 3.40. The summed E-state index contributed by atoms with van der Waals surface area (Å²) in [6.45, 7) is 4.33. The largest absolute Gasteiger partial charge is 0.325 e. The number of hydrogen-bond donors (Lipinski definition) is 1. The van der Waals surface area contributed by atoms with E-state index in [1.54, 1.807) is 0 Å². The average molecular weight is 325 g/mol. The maximum atomic E-state index is 12.3. The molecule has 0 spiro atoms. The van der Waals surface area contributed by atoms with E-state index in [-0.39, 0.29) is 18.0 Å². The van der Waals surface area contributed by atoms with E-state index in [9.17, 15) is 9.59 Å². The van der Waals surface area contributed by atoms with E-state index in [0.717, 1.165) is 42.6 Å². The normalized spacial score (nSPS) is 14.2. The molecule has 0 saturated carbocycles. The van der Waals surface area contributed by atoms with Crippen molar-refractivity contribution in [3.05, 3.63) is 57.8 Å². The van der Waals surface area contributed by atoms with Gasteiger partial charge in [-0.15, -0.1) is 0 Å². The Morgan fingerprint density at radius 1 is 1.29 bits per heavy atom. The molecule has 0 fully saturated rings. The van der Waals surface area contributed by atoms with Crippen LogP contribution in [0.4, 0.5) is 5.69 Å². The molecule has 0 saturated heterocycles. The summed E-state index contributed by atoms with van der Waals surface area (Å²) >= 11 is 0. The first-order valence-corrected chi connectivity index (χ1v) is 8.55. The molecule has 1 aromatic heterocycles. The minimum Gasteiger partial charge on any atom is -0.325 e. The molecule has 5 nitrogen and oxygen atoms in total. The first kappa shape index (κ1) is 16.4. The topological polar surface area (TPSA) is 64.0 Å². The lowest BCUT2D eigenvalue weighted by atomic mass is 9.99. The van der Waals surface area contributed by atoms with Crippen LogP contribution in [-0.2, 0) is 24.2 Å². The molecule has 1 aromatic carbocycles. The second-order valence-electron chi connectivity index (χ2n) is 6.44. The summed E-state index contributed by atoms with van der Waals surface area (Å²) in [7, 11) is 0. The number of benzene rings is 1. The van der Waals surface area contributed by atoms with Crippen molar-refractivity contribution in [1.82, 2.24) is 9.55 Å². The average Bonchev–Trinajstić information content (AvgIpc) is 3.07. The predicted octanol–water partition coefficient (Wildman–Crippen LogP) is 2.88. The highest BCUT2D eigenvalue weighted by Gasteiger charge is 2.18. The molecule has 5 heteroatoms. The maximum Gasteiger partial charge on any atom is 0.257 e. The second-order valence-corrected chi connectivity index (χ2v) is 6.44. The van der Waals surface area contributed by atoms with E-state index in [4.69, 9.17) is 0 Å². The van der Waals surface area contributed by atoms with E-state index < -0.39 is 0 Å². The molecule has 24 heavy (non-hydrogen) atoms. The fraction of sp³-hybridized carbons (Fsp3) is 0.421. The van der Waals surface area contributed by atoms with Gasteiger partial charge in [-0.1, -0.05) is 26.0 Å². The van der Waals surface area contributed by atoms with Crippen molar-refractivity contribution in [3.8, 4) is 0 Å². The minimum absolute atomic E-state index is 0.00771. The number of rotatable bonds is 5. The van der Waals surface area contributed by atoms with Crippen molar-refractivity contribution < 1.29 is 4.79 Å². The third-order valence-corrected chi connectivity index (χ3v) is 4.75. The van der Waals surface area contributed by atoms with Gasteiger partial charge in [0.2, 0.25) is 5.91 Å². The van der Waals surface area contributed by atoms with Crippen molar-refractivity contribution in [2.45, 2.75) is 52.0 Å². The van der Waals surface area contributed by atoms with Crippen LogP contribution >= 0.6 is 0 Å². The lowest BCUT2D eigenvalue weighted by Crippen LogP contribution is -2.30. The SMILES string of the molecule is CCC(C)c1ccc(NC(=O)Cn2cnc3c(c2=O)CCC3)cc1. The lowest BCUT2D eigenvalue weighted by Gasteiger charge is -2.11. The molecule has 1 heterocycles. The summed E-state index contributed by atoms with van der Waals surface area (Å²) in [5.41, 5.74) is 3.57. The summed E-state index contributed by atoms with van der Waals surface area (Å²) in [4.78, 5) is 28.9. The molecule has 126 valence electrons. The van der Waals surface area contributed by atoms with E-state index in [1.807, 2.05) is 24.3 Å². The number of carbonyl (C=O) groups is 1. The van der Waals surface area contributed by atoms with Gasteiger partial charge in [0.05, 0.1) is 12.0 Å². The van der Waals surface area contributed by atoms with Gasteiger partial charge in [-0.25, -0.2) is 4.98 Å². The highest BCUT2D eigenvalue weighted by molar-refractivity contribution is 5.90. The van der Waals surface area contributed by atoms with E-state index in [2.05, 4.69) is 24.1 Å². The van der Waals surface area contributed by atoms with Gasteiger partial charge in [-0.3, -0.25) is 14.2 Å². The van der Waals surface area contributed by atoms with Crippen LogP contribution in [0.25, 0.3) is 0 Å². The van der Waals surface area contributed by atoms with Crippen molar-refractivity contribution in [2.75, 3.05) is 5.32 Å². The van der Waals surface area contributed by atoms with Crippen LogP contribution in [0, 0.1) is 0 Å². The number of nitrogens with one attached hydrogen (secondary N) is 1. The summed E-state index contributed by atoms with van der Waals surface area (Å²) < 4.78 is 1.40. The highest BCUT2D eigenvalue weighted by atomic mass is 16.2. The third-order valence-electron chi connectivity index (χ3n) is 4.75. The van der Waals surface area contributed by atoms with Gasteiger partial charge in [0.1, 0.15) is 6.54 Å². The van der Waals surface area contributed by atoms with Crippen LogP contribution < -0.4 is 10.9 Å². The summed E-state index contributed by atoms with van der Waals surface area (Å²) in [6, 6.07) is 7.88. The molecule has 3 rings (SSSR count). The Labute approximate surface area is 141 Å². The van der Waals surface area contributed by atoms with E-state index in [1.165, 1.54) is 16.5 Å². The van der Waals surface area contributed by atoms with Gasteiger partial charge < -0.3 is 5.32 Å². The van der Waals surface area contributed by atoms with Crippen LogP contribution in [0.1, 0.15) is 49.4 Å². The molecule has 1 unspecified atom stereocenters. The van der Waals surface area contributed by atoms with Crippen LogP contribution in [0.3, 0.4) is 0 Å². The van der Waals surface area contributed by atoms with Gasteiger partial charge in [-0.05, 0) is 49.3 Å². The molecule has 2 aromatic rings. The number of aromatic nitrogens is 2. The molecular formula is C19H23N3O2. The zero-order valence-corrected chi connectivity index (χ0v) is 14.2. The van der Waals surface area contributed by atoms with Crippen LogP contribution in [-0.4, -0.2) is 15.5 Å². The summed E-state index contributed by atoms with van der Waals surface area (Å²) in [6.07, 6.45) is 5.16. The van der Waals surface area contributed by atoms with Crippen LogP contribution in [0.15, 0.2) is 35.4 Å². The molecule has 1 amide bonds. The Balaban J connectivity index is 1.67. The molecule has 1 aliphatic rings. The Hall–Kier alpha value is -2.43. The standard InChI is InChI=1S/C19H23N3O2/c1-3-13(2)14-7-9-15(10-8-14)21-18(23)11-22-12-20-17-6-4-5-16(17)19(22)24/h7-10,12-13H,3-6,11H2,1-2H3,(H,21,23). The number of anilines is 1. The van der Waals surface area contributed by atoms with Crippen LogP contribution in [0.2, 0.25) is 0 Å². The molecule has 0 bridgehead atoms. The number of aryl methyl sites for hydroxylation is 1. The molecule has 1 aliphatic carbocycles.